The number of benzene rings is 2. The Hall–Kier alpha value is -2.73. The van der Waals surface area contributed by atoms with Crippen molar-refractivity contribution in [1.82, 2.24) is 10.6 Å². The molecular weight excluding hydrogens is 342 g/mol. The monoisotopic (exact) mass is 371 g/mol. The van der Waals surface area contributed by atoms with Crippen LogP contribution in [0.2, 0.25) is 0 Å². The van der Waals surface area contributed by atoms with E-state index in [0.29, 0.717) is 13.1 Å². The molecular formula is C21H29N3O3. The molecule has 0 radical (unpaired) electrons. The molecule has 0 saturated carbocycles. The van der Waals surface area contributed by atoms with Gasteiger partial charge >= 0.3 is 0 Å². The first-order valence-corrected chi connectivity index (χ1v) is 9.22. The molecule has 146 valence electrons. The first-order valence-electron chi connectivity index (χ1n) is 9.22. The standard InChI is InChI=1S/C21H29N3O3/c1-3-27-13-5-12-22-21(24-16-18-6-4-7-19(25)14-18)23-15-17-8-10-20(26-2)11-9-17/h4,6-11,14,25H,3,5,12-13,15-16H2,1-2H3,(H2,22,23,24). The highest BCUT2D eigenvalue weighted by Gasteiger charge is 2.01. The molecule has 0 unspecified atom stereocenters. The summed E-state index contributed by atoms with van der Waals surface area (Å²) in [5.74, 6) is 1.82. The van der Waals surface area contributed by atoms with Crippen molar-refractivity contribution < 1.29 is 14.6 Å². The van der Waals surface area contributed by atoms with Crippen molar-refractivity contribution >= 4 is 5.96 Å². The lowest BCUT2D eigenvalue weighted by Gasteiger charge is -2.13. The second-order valence-corrected chi connectivity index (χ2v) is 6.01. The maximum absolute atomic E-state index is 9.59. The van der Waals surface area contributed by atoms with Crippen LogP contribution in [0.1, 0.15) is 24.5 Å². The Morgan fingerprint density at radius 3 is 2.59 bits per heavy atom. The average molecular weight is 371 g/mol. The van der Waals surface area contributed by atoms with Gasteiger partial charge in [-0.3, -0.25) is 0 Å². The number of hydrogen-bond donors (Lipinski definition) is 3. The highest BCUT2D eigenvalue weighted by molar-refractivity contribution is 5.79. The van der Waals surface area contributed by atoms with Crippen LogP contribution in [-0.2, 0) is 17.8 Å². The number of phenols is 1. The average Bonchev–Trinajstić information content (AvgIpc) is 2.69. The van der Waals surface area contributed by atoms with Crippen molar-refractivity contribution in [2.45, 2.75) is 26.4 Å². The van der Waals surface area contributed by atoms with Gasteiger partial charge in [0, 0.05) is 26.3 Å². The summed E-state index contributed by atoms with van der Waals surface area (Å²) in [6, 6.07) is 15.1. The summed E-state index contributed by atoms with van der Waals surface area (Å²) < 4.78 is 10.6. The highest BCUT2D eigenvalue weighted by Crippen LogP contribution is 2.12. The number of aromatic hydroxyl groups is 1. The van der Waals surface area contributed by atoms with E-state index in [-0.39, 0.29) is 5.75 Å². The van der Waals surface area contributed by atoms with Crippen molar-refractivity contribution in [2.75, 3.05) is 26.9 Å². The van der Waals surface area contributed by atoms with Crippen LogP contribution in [0.4, 0.5) is 0 Å². The number of methoxy groups -OCH3 is 1. The van der Waals surface area contributed by atoms with Gasteiger partial charge in [-0.05, 0) is 48.7 Å². The number of phenolic OH excluding ortho intramolecular Hbond substituents is 1. The van der Waals surface area contributed by atoms with Crippen molar-refractivity contribution in [1.29, 1.82) is 0 Å². The summed E-state index contributed by atoms with van der Waals surface area (Å²) in [4.78, 5) is 4.62. The number of nitrogens with one attached hydrogen (secondary N) is 2. The molecule has 0 fully saturated rings. The van der Waals surface area contributed by atoms with E-state index in [1.165, 1.54) is 0 Å². The highest BCUT2D eigenvalue weighted by atomic mass is 16.5. The largest absolute Gasteiger partial charge is 0.508 e. The lowest BCUT2D eigenvalue weighted by molar-refractivity contribution is 0.145. The van der Waals surface area contributed by atoms with Gasteiger partial charge in [-0.15, -0.1) is 0 Å². The van der Waals surface area contributed by atoms with Crippen LogP contribution in [0, 0.1) is 0 Å². The summed E-state index contributed by atoms with van der Waals surface area (Å²) in [6.45, 7) is 5.36. The minimum atomic E-state index is 0.250. The van der Waals surface area contributed by atoms with Gasteiger partial charge in [0.2, 0.25) is 0 Å². The molecule has 0 aliphatic carbocycles. The van der Waals surface area contributed by atoms with Crippen molar-refractivity contribution in [3.63, 3.8) is 0 Å². The van der Waals surface area contributed by atoms with Gasteiger partial charge in [0.25, 0.3) is 0 Å². The second-order valence-electron chi connectivity index (χ2n) is 6.01. The third-order valence-electron chi connectivity index (χ3n) is 3.91. The SMILES string of the molecule is CCOCCCNC(=NCc1cccc(O)c1)NCc1ccc(OC)cc1. The Kier molecular flexibility index (Phi) is 9.00. The van der Waals surface area contributed by atoms with Crippen LogP contribution in [0.3, 0.4) is 0 Å². The van der Waals surface area contributed by atoms with Crippen LogP contribution in [0.15, 0.2) is 53.5 Å². The first-order chi connectivity index (χ1) is 13.2. The topological polar surface area (TPSA) is 75.1 Å². The van der Waals surface area contributed by atoms with Gasteiger partial charge in [-0.1, -0.05) is 24.3 Å². The van der Waals surface area contributed by atoms with Gasteiger partial charge in [-0.2, -0.15) is 0 Å². The summed E-state index contributed by atoms with van der Waals surface area (Å²) in [5.41, 5.74) is 2.09. The van der Waals surface area contributed by atoms with Crippen molar-refractivity contribution in [3.8, 4) is 11.5 Å². The maximum Gasteiger partial charge on any atom is 0.191 e. The van der Waals surface area contributed by atoms with Crippen molar-refractivity contribution in [3.05, 3.63) is 59.7 Å². The molecule has 0 spiro atoms. The molecule has 0 atom stereocenters. The minimum absolute atomic E-state index is 0.250. The Bertz CT molecular complexity index is 702. The molecule has 6 nitrogen and oxygen atoms in total. The van der Waals surface area contributed by atoms with E-state index >= 15 is 0 Å². The van der Waals surface area contributed by atoms with Gasteiger partial charge < -0.3 is 25.2 Å². The zero-order valence-electron chi connectivity index (χ0n) is 16.1. The molecule has 0 amide bonds. The lowest BCUT2D eigenvalue weighted by atomic mass is 10.2. The Morgan fingerprint density at radius 1 is 1.07 bits per heavy atom. The van der Waals surface area contributed by atoms with Gasteiger partial charge in [-0.25, -0.2) is 4.99 Å². The van der Waals surface area contributed by atoms with Crippen LogP contribution in [0.5, 0.6) is 11.5 Å². The molecule has 6 heteroatoms. The third kappa shape index (κ3) is 8.00. The molecule has 0 heterocycles. The number of guanidine groups is 1. The fourth-order valence-electron chi connectivity index (χ4n) is 2.45. The van der Waals surface area contributed by atoms with Crippen LogP contribution >= 0.6 is 0 Å². The number of ether oxygens (including phenoxy) is 2. The van der Waals surface area contributed by atoms with Gasteiger partial charge in [0.15, 0.2) is 5.96 Å². The Balaban J connectivity index is 1.93. The first kappa shape index (κ1) is 20.6. The van der Waals surface area contributed by atoms with Crippen molar-refractivity contribution in [2.24, 2.45) is 4.99 Å². The normalized spacial score (nSPS) is 11.3. The third-order valence-corrected chi connectivity index (χ3v) is 3.91. The molecule has 2 rings (SSSR count). The van der Waals surface area contributed by atoms with E-state index in [1.54, 1.807) is 19.2 Å². The minimum Gasteiger partial charge on any atom is -0.508 e. The van der Waals surface area contributed by atoms with E-state index in [9.17, 15) is 5.11 Å². The summed E-state index contributed by atoms with van der Waals surface area (Å²) >= 11 is 0. The Labute approximate surface area is 161 Å². The fourth-order valence-corrected chi connectivity index (χ4v) is 2.45. The lowest BCUT2D eigenvalue weighted by Crippen LogP contribution is -2.37. The summed E-state index contributed by atoms with van der Waals surface area (Å²) in [7, 11) is 1.66. The molecule has 0 saturated heterocycles. The summed E-state index contributed by atoms with van der Waals surface area (Å²) in [6.07, 6.45) is 0.906. The van der Waals surface area contributed by atoms with E-state index < -0.39 is 0 Å². The number of nitrogens with zero attached hydrogens (tertiary/aromatic N) is 1. The van der Waals surface area contributed by atoms with Gasteiger partial charge in [0.1, 0.15) is 11.5 Å². The molecule has 2 aromatic rings. The predicted octanol–water partition coefficient (Wildman–Crippen LogP) is 3.06. The predicted molar refractivity (Wildman–Crippen MR) is 108 cm³/mol. The molecule has 0 aliphatic rings. The maximum atomic E-state index is 9.59. The van der Waals surface area contributed by atoms with Gasteiger partial charge in [0.05, 0.1) is 13.7 Å². The van der Waals surface area contributed by atoms with E-state index in [2.05, 4.69) is 15.6 Å². The zero-order valence-corrected chi connectivity index (χ0v) is 16.1. The Morgan fingerprint density at radius 2 is 1.89 bits per heavy atom. The van der Waals surface area contributed by atoms with E-state index in [0.717, 1.165) is 49.0 Å². The molecule has 0 aliphatic heterocycles. The number of aliphatic imine (C=N–C) groups is 1. The fraction of sp³-hybridized carbons (Fsp3) is 0.381. The van der Waals surface area contributed by atoms with Crippen LogP contribution < -0.4 is 15.4 Å². The summed E-state index contributed by atoms with van der Waals surface area (Å²) in [5, 5.41) is 16.3. The second kappa shape index (κ2) is 11.8. The molecule has 2 aromatic carbocycles. The molecule has 0 bridgehead atoms. The van der Waals surface area contributed by atoms with Crippen LogP contribution in [0.25, 0.3) is 0 Å². The van der Waals surface area contributed by atoms with E-state index in [1.807, 2.05) is 43.3 Å². The van der Waals surface area contributed by atoms with Crippen LogP contribution in [-0.4, -0.2) is 37.9 Å². The smallest absolute Gasteiger partial charge is 0.191 e. The number of hydrogen-bond acceptors (Lipinski definition) is 4. The quantitative estimate of drug-likeness (QED) is 0.340. The van der Waals surface area contributed by atoms with E-state index in [4.69, 9.17) is 9.47 Å². The zero-order chi connectivity index (χ0) is 19.3. The molecule has 27 heavy (non-hydrogen) atoms. The number of rotatable bonds is 10. The molecule has 3 N–H and O–H groups in total. The molecule has 0 aromatic heterocycles.